The third-order valence-corrected chi connectivity index (χ3v) is 5.94. The number of fused-ring (bicyclic) bond motifs is 1. The third-order valence-electron chi connectivity index (χ3n) is 5.94. The van der Waals surface area contributed by atoms with Crippen molar-refractivity contribution in [3.8, 4) is 0 Å². The molecule has 3 heterocycles. The van der Waals surface area contributed by atoms with Crippen LogP contribution in [0.15, 0.2) is 60.7 Å². The zero-order valence-electron chi connectivity index (χ0n) is 18.8. The smallest absolute Gasteiger partial charge is 0.227 e. The van der Waals surface area contributed by atoms with Gasteiger partial charge in [0.1, 0.15) is 5.82 Å². The molecule has 1 amide bonds. The van der Waals surface area contributed by atoms with Crippen molar-refractivity contribution < 1.29 is 4.79 Å². The van der Waals surface area contributed by atoms with Crippen LogP contribution in [0.1, 0.15) is 19.8 Å². The molecule has 168 valence electrons. The fourth-order valence-electron chi connectivity index (χ4n) is 4.35. The van der Waals surface area contributed by atoms with E-state index in [1.165, 1.54) is 0 Å². The Morgan fingerprint density at radius 2 is 2.06 bits per heavy atom. The molecular weight excluding hydrogens is 400 g/mol. The van der Waals surface area contributed by atoms with Crippen molar-refractivity contribution in [3.05, 3.63) is 60.7 Å². The van der Waals surface area contributed by atoms with E-state index < -0.39 is 0 Å². The van der Waals surface area contributed by atoms with Crippen molar-refractivity contribution in [2.24, 2.45) is 0 Å². The summed E-state index contributed by atoms with van der Waals surface area (Å²) < 4.78 is 0. The Morgan fingerprint density at radius 3 is 2.84 bits per heavy atom. The molecule has 0 spiro atoms. The molecule has 1 aromatic carbocycles. The van der Waals surface area contributed by atoms with E-state index in [2.05, 4.69) is 28.2 Å². The molecule has 2 N–H and O–H groups in total. The van der Waals surface area contributed by atoms with Crippen molar-refractivity contribution >= 4 is 28.6 Å². The zero-order valence-corrected chi connectivity index (χ0v) is 18.8. The maximum Gasteiger partial charge on any atom is 0.227 e. The Morgan fingerprint density at radius 1 is 1.25 bits per heavy atom. The predicted octanol–water partition coefficient (Wildman–Crippen LogP) is 3.13. The molecule has 2 aromatic rings. The van der Waals surface area contributed by atoms with Crippen molar-refractivity contribution in [1.82, 2.24) is 20.2 Å². The molecular formula is C25H32N6O. The summed E-state index contributed by atoms with van der Waals surface area (Å²) in [7, 11) is 0. The zero-order chi connectivity index (χ0) is 22.3. The van der Waals surface area contributed by atoms with Gasteiger partial charge < -0.3 is 20.4 Å². The Balaban J connectivity index is 1.46. The van der Waals surface area contributed by atoms with Crippen LogP contribution in [0.4, 0.5) is 11.8 Å². The highest BCUT2D eigenvalue weighted by molar-refractivity contribution is 5.90. The molecule has 4 rings (SSSR count). The first-order valence-corrected chi connectivity index (χ1v) is 11.4. The van der Waals surface area contributed by atoms with E-state index in [1.807, 2.05) is 48.3 Å². The van der Waals surface area contributed by atoms with Gasteiger partial charge >= 0.3 is 0 Å². The first kappa shape index (κ1) is 22.0. The predicted molar refractivity (Wildman–Crippen MR) is 131 cm³/mol. The second kappa shape index (κ2) is 10.4. The Bertz CT molecular complexity index is 1020. The van der Waals surface area contributed by atoms with Crippen LogP contribution in [0.3, 0.4) is 0 Å². The number of amides is 1. The first-order chi connectivity index (χ1) is 15.7. The number of anilines is 2. The molecule has 7 nitrogen and oxygen atoms in total. The van der Waals surface area contributed by atoms with E-state index in [0.717, 1.165) is 61.4 Å². The lowest BCUT2D eigenvalue weighted by Crippen LogP contribution is -2.44. The summed E-state index contributed by atoms with van der Waals surface area (Å²) in [6, 6.07) is 8.31. The lowest BCUT2D eigenvalue weighted by atomic mass is 10.1. The number of carbonyl (C=O) groups excluding carboxylic acids is 1. The third kappa shape index (κ3) is 5.16. The van der Waals surface area contributed by atoms with E-state index in [1.54, 1.807) is 6.08 Å². The molecule has 2 aliphatic rings. The summed E-state index contributed by atoms with van der Waals surface area (Å²) in [6.07, 6.45) is 8.81. The summed E-state index contributed by atoms with van der Waals surface area (Å²) in [4.78, 5) is 26.7. The minimum absolute atomic E-state index is 0.140. The van der Waals surface area contributed by atoms with Gasteiger partial charge in [-0.15, -0.1) is 0 Å². The molecule has 32 heavy (non-hydrogen) atoms. The number of rotatable bonds is 7. The molecule has 0 aliphatic carbocycles. The maximum atomic E-state index is 12.8. The summed E-state index contributed by atoms with van der Waals surface area (Å²) in [5.41, 5.74) is 1.91. The SMILES string of the molecule is C=C/C=C(\C=C/C)CC(=O)N1CC[C@H](Nc2nc(N3CCNCC3)c3ccccc3n2)C1. The molecule has 0 bridgehead atoms. The van der Waals surface area contributed by atoms with Gasteiger partial charge in [0.05, 0.1) is 11.9 Å². The van der Waals surface area contributed by atoms with E-state index in [-0.39, 0.29) is 11.9 Å². The number of nitrogens with one attached hydrogen (secondary N) is 2. The normalized spacial score (nSPS) is 19.7. The topological polar surface area (TPSA) is 73.4 Å². The molecule has 0 radical (unpaired) electrons. The number of hydrogen-bond acceptors (Lipinski definition) is 6. The highest BCUT2D eigenvalue weighted by Crippen LogP contribution is 2.26. The second-order valence-corrected chi connectivity index (χ2v) is 8.25. The lowest BCUT2D eigenvalue weighted by molar-refractivity contribution is -0.129. The number of hydrogen-bond donors (Lipinski definition) is 2. The van der Waals surface area contributed by atoms with Crippen LogP contribution < -0.4 is 15.5 Å². The number of carbonyl (C=O) groups is 1. The number of likely N-dealkylation sites (tertiary alicyclic amines) is 1. The summed E-state index contributed by atoms with van der Waals surface area (Å²) in [6.45, 7) is 10.9. The van der Waals surface area contributed by atoms with E-state index in [0.29, 0.717) is 18.9 Å². The van der Waals surface area contributed by atoms with E-state index in [9.17, 15) is 4.79 Å². The molecule has 2 saturated heterocycles. The highest BCUT2D eigenvalue weighted by Gasteiger charge is 2.27. The Hall–Kier alpha value is -3.19. The average molecular weight is 433 g/mol. The van der Waals surface area contributed by atoms with Crippen molar-refractivity contribution in [1.29, 1.82) is 0 Å². The van der Waals surface area contributed by atoms with Crippen molar-refractivity contribution in [2.45, 2.75) is 25.8 Å². The van der Waals surface area contributed by atoms with Crippen LogP contribution in [-0.2, 0) is 4.79 Å². The van der Waals surface area contributed by atoms with Crippen LogP contribution in [0.5, 0.6) is 0 Å². The molecule has 0 unspecified atom stereocenters. The quantitative estimate of drug-likeness (QED) is 0.655. The van der Waals surface area contributed by atoms with Gasteiger partial charge in [0, 0.05) is 50.7 Å². The van der Waals surface area contributed by atoms with Crippen molar-refractivity contribution in [3.63, 3.8) is 0 Å². The molecule has 2 fully saturated rings. The Kier molecular flexibility index (Phi) is 7.17. The average Bonchev–Trinajstić information content (AvgIpc) is 3.28. The second-order valence-electron chi connectivity index (χ2n) is 8.25. The minimum atomic E-state index is 0.140. The molecule has 7 heteroatoms. The monoisotopic (exact) mass is 432 g/mol. The van der Waals surface area contributed by atoms with Gasteiger partial charge in [0.15, 0.2) is 0 Å². The number of nitrogens with zero attached hydrogens (tertiary/aromatic N) is 4. The van der Waals surface area contributed by atoms with Crippen LogP contribution in [0.2, 0.25) is 0 Å². The molecule has 0 saturated carbocycles. The summed E-state index contributed by atoms with van der Waals surface area (Å²) in [5, 5.41) is 7.97. The maximum absolute atomic E-state index is 12.8. The van der Waals surface area contributed by atoms with Crippen LogP contribution in [0, 0.1) is 0 Å². The van der Waals surface area contributed by atoms with Gasteiger partial charge in [-0.1, -0.05) is 43.0 Å². The standard InChI is InChI=1S/C25H32N6O/c1-3-7-19(8-4-2)17-23(32)31-14-11-20(18-31)27-25-28-22-10-6-5-9-21(22)24(29-25)30-15-12-26-13-16-30/h3-10,20,26H,1,11-18H2,2H3,(H,27,28,29)/b8-4-,19-7+/t20-/m0/s1. The minimum Gasteiger partial charge on any atom is -0.353 e. The number of aromatic nitrogens is 2. The lowest BCUT2D eigenvalue weighted by Gasteiger charge is -2.29. The summed E-state index contributed by atoms with van der Waals surface area (Å²) >= 11 is 0. The van der Waals surface area contributed by atoms with E-state index >= 15 is 0 Å². The van der Waals surface area contributed by atoms with Gasteiger partial charge in [-0.2, -0.15) is 4.98 Å². The highest BCUT2D eigenvalue weighted by atomic mass is 16.2. The molecule has 1 aromatic heterocycles. The number of piperazine rings is 1. The fraction of sp³-hybridized carbons (Fsp3) is 0.400. The summed E-state index contributed by atoms with van der Waals surface area (Å²) in [5.74, 6) is 1.76. The molecule has 1 atom stereocenters. The van der Waals surface area contributed by atoms with Gasteiger partial charge in [-0.05, 0) is 31.1 Å². The number of benzene rings is 1. The van der Waals surface area contributed by atoms with Crippen molar-refractivity contribution in [2.75, 3.05) is 49.5 Å². The Labute approximate surface area is 189 Å². The van der Waals surface area contributed by atoms with E-state index in [4.69, 9.17) is 9.97 Å². The van der Waals surface area contributed by atoms with Gasteiger partial charge in [-0.3, -0.25) is 4.79 Å². The number of para-hydroxylation sites is 1. The van der Waals surface area contributed by atoms with Gasteiger partial charge in [-0.25, -0.2) is 4.98 Å². The van der Waals surface area contributed by atoms with Gasteiger partial charge in [0.2, 0.25) is 11.9 Å². The number of allylic oxidation sites excluding steroid dienone is 4. The van der Waals surface area contributed by atoms with Gasteiger partial charge in [0.25, 0.3) is 0 Å². The largest absolute Gasteiger partial charge is 0.353 e. The first-order valence-electron chi connectivity index (χ1n) is 11.4. The van der Waals surface area contributed by atoms with Crippen LogP contribution in [0.25, 0.3) is 10.9 Å². The molecule has 2 aliphatic heterocycles. The van der Waals surface area contributed by atoms with Crippen LogP contribution >= 0.6 is 0 Å². The fourth-order valence-corrected chi connectivity index (χ4v) is 4.35. The van der Waals surface area contributed by atoms with Crippen LogP contribution in [-0.4, -0.2) is 66.1 Å².